The van der Waals surface area contributed by atoms with Gasteiger partial charge in [-0.3, -0.25) is 14.4 Å². The number of piperazine rings is 1. The highest BCUT2D eigenvalue weighted by Gasteiger charge is 2.26. The van der Waals surface area contributed by atoms with Crippen LogP contribution in [0.3, 0.4) is 0 Å². The minimum atomic E-state index is 0.0813. The molecule has 1 aliphatic rings. The summed E-state index contributed by atoms with van der Waals surface area (Å²) in [6.45, 7) is 5.62. The Labute approximate surface area is 128 Å². The van der Waals surface area contributed by atoms with E-state index in [9.17, 15) is 4.79 Å². The number of rotatable bonds is 3. The van der Waals surface area contributed by atoms with Crippen LogP contribution < -0.4 is 0 Å². The molecule has 21 heavy (non-hydrogen) atoms. The van der Waals surface area contributed by atoms with E-state index in [2.05, 4.69) is 33.7 Å². The maximum Gasteiger partial charge on any atom is 0.272 e. The molecule has 1 saturated heterocycles. The molecule has 1 fully saturated rings. The quantitative estimate of drug-likeness (QED) is 0.871. The van der Waals surface area contributed by atoms with E-state index in [-0.39, 0.29) is 5.91 Å². The summed E-state index contributed by atoms with van der Waals surface area (Å²) in [6.07, 6.45) is 1.67. The highest BCUT2D eigenvalue weighted by molar-refractivity contribution is 7.07. The third-order valence-corrected chi connectivity index (χ3v) is 4.92. The summed E-state index contributed by atoms with van der Waals surface area (Å²) in [6, 6.07) is 4.38. The van der Waals surface area contributed by atoms with Crippen molar-refractivity contribution in [1.29, 1.82) is 0 Å². The number of aryl methyl sites for hydroxylation is 1. The summed E-state index contributed by atoms with van der Waals surface area (Å²) in [5.74, 6) is 0.0813. The van der Waals surface area contributed by atoms with Crippen molar-refractivity contribution in [3.63, 3.8) is 0 Å². The average Bonchev–Trinajstić information content (AvgIpc) is 3.17. The van der Waals surface area contributed by atoms with Gasteiger partial charge in [-0.15, -0.1) is 0 Å². The molecule has 6 heteroatoms. The van der Waals surface area contributed by atoms with Crippen LogP contribution in [0.25, 0.3) is 0 Å². The number of carbonyl (C=O) groups excluding carboxylic acids is 1. The van der Waals surface area contributed by atoms with Crippen LogP contribution in [0.2, 0.25) is 0 Å². The first-order valence-electron chi connectivity index (χ1n) is 7.20. The molecule has 0 radical (unpaired) electrons. The zero-order valence-corrected chi connectivity index (χ0v) is 13.2. The lowest BCUT2D eigenvalue weighted by molar-refractivity contribution is 0.0572. The van der Waals surface area contributed by atoms with Gasteiger partial charge in [0.05, 0.1) is 0 Å². The van der Waals surface area contributed by atoms with Crippen molar-refractivity contribution in [2.75, 3.05) is 26.2 Å². The van der Waals surface area contributed by atoms with Gasteiger partial charge in [-0.2, -0.15) is 16.4 Å². The fourth-order valence-electron chi connectivity index (χ4n) is 2.78. The molecule has 0 aliphatic carbocycles. The average molecular weight is 304 g/mol. The number of thiophene rings is 1. The van der Waals surface area contributed by atoms with Crippen molar-refractivity contribution < 1.29 is 4.79 Å². The second-order valence-electron chi connectivity index (χ2n) is 5.40. The second-order valence-corrected chi connectivity index (χ2v) is 6.18. The summed E-state index contributed by atoms with van der Waals surface area (Å²) < 4.78 is 1.64. The van der Waals surface area contributed by atoms with Gasteiger partial charge in [0.15, 0.2) is 0 Å². The van der Waals surface area contributed by atoms with Crippen LogP contribution in [0.15, 0.2) is 29.1 Å². The lowest BCUT2D eigenvalue weighted by Gasteiger charge is -2.37. The molecule has 0 unspecified atom stereocenters. The first-order valence-corrected chi connectivity index (χ1v) is 8.14. The summed E-state index contributed by atoms with van der Waals surface area (Å²) in [4.78, 5) is 16.8. The van der Waals surface area contributed by atoms with Crippen molar-refractivity contribution >= 4 is 17.2 Å². The topological polar surface area (TPSA) is 41.4 Å². The Kier molecular flexibility index (Phi) is 4.07. The molecule has 1 aliphatic heterocycles. The third-order valence-electron chi connectivity index (χ3n) is 4.21. The third kappa shape index (κ3) is 2.87. The Hall–Kier alpha value is -1.66. The van der Waals surface area contributed by atoms with Crippen molar-refractivity contribution in [2.45, 2.75) is 13.0 Å². The summed E-state index contributed by atoms with van der Waals surface area (Å²) in [5.41, 5.74) is 2.03. The molecule has 0 spiro atoms. The lowest BCUT2D eigenvalue weighted by atomic mass is 10.1. The summed E-state index contributed by atoms with van der Waals surface area (Å²) >= 11 is 1.74. The Balaban J connectivity index is 1.60. The Morgan fingerprint density at radius 3 is 2.62 bits per heavy atom. The van der Waals surface area contributed by atoms with Gasteiger partial charge in [0, 0.05) is 45.5 Å². The van der Waals surface area contributed by atoms with Crippen LogP contribution in [0, 0.1) is 0 Å². The van der Waals surface area contributed by atoms with Gasteiger partial charge in [0.1, 0.15) is 5.69 Å². The van der Waals surface area contributed by atoms with Gasteiger partial charge in [-0.25, -0.2) is 0 Å². The molecule has 5 nitrogen and oxygen atoms in total. The van der Waals surface area contributed by atoms with E-state index in [4.69, 9.17) is 0 Å². The van der Waals surface area contributed by atoms with E-state index in [1.54, 1.807) is 28.3 Å². The van der Waals surface area contributed by atoms with Gasteiger partial charge in [-0.1, -0.05) is 0 Å². The fraction of sp³-hybridized carbons (Fsp3) is 0.467. The smallest absolute Gasteiger partial charge is 0.272 e. The number of hydrogen-bond donors (Lipinski definition) is 0. The lowest BCUT2D eigenvalue weighted by Crippen LogP contribution is -2.49. The summed E-state index contributed by atoms with van der Waals surface area (Å²) in [7, 11) is 1.81. The predicted octanol–water partition coefficient (Wildman–Crippen LogP) is 2.00. The molecule has 3 rings (SSSR count). The van der Waals surface area contributed by atoms with E-state index >= 15 is 0 Å². The first kappa shape index (κ1) is 14.3. The Bertz CT molecular complexity index is 599. The van der Waals surface area contributed by atoms with Crippen molar-refractivity contribution in [1.82, 2.24) is 19.6 Å². The number of nitrogens with zero attached hydrogens (tertiary/aromatic N) is 4. The maximum absolute atomic E-state index is 12.4. The zero-order valence-electron chi connectivity index (χ0n) is 12.4. The number of hydrogen-bond acceptors (Lipinski definition) is 4. The van der Waals surface area contributed by atoms with E-state index in [0.29, 0.717) is 11.7 Å². The van der Waals surface area contributed by atoms with E-state index < -0.39 is 0 Å². The van der Waals surface area contributed by atoms with Crippen LogP contribution in [-0.2, 0) is 7.05 Å². The minimum Gasteiger partial charge on any atom is -0.335 e. The number of carbonyl (C=O) groups is 1. The van der Waals surface area contributed by atoms with Crippen molar-refractivity contribution in [2.24, 2.45) is 7.05 Å². The molecule has 0 aromatic carbocycles. The van der Waals surface area contributed by atoms with Crippen LogP contribution in [0.4, 0.5) is 0 Å². The van der Waals surface area contributed by atoms with Crippen LogP contribution in [-0.4, -0.2) is 51.7 Å². The molecule has 0 bridgehead atoms. The van der Waals surface area contributed by atoms with Gasteiger partial charge in [-0.05, 0) is 35.4 Å². The van der Waals surface area contributed by atoms with Crippen LogP contribution in [0.1, 0.15) is 29.0 Å². The van der Waals surface area contributed by atoms with Crippen molar-refractivity contribution in [3.8, 4) is 0 Å². The zero-order chi connectivity index (χ0) is 14.8. The van der Waals surface area contributed by atoms with Crippen molar-refractivity contribution in [3.05, 3.63) is 40.3 Å². The molecule has 112 valence electrons. The van der Waals surface area contributed by atoms with E-state index in [0.717, 1.165) is 26.2 Å². The fourth-order valence-corrected chi connectivity index (χ4v) is 3.53. The molecule has 0 saturated carbocycles. The molecule has 1 amide bonds. The van der Waals surface area contributed by atoms with Gasteiger partial charge < -0.3 is 4.90 Å². The molecule has 2 aromatic heterocycles. The largest absolute Gasteiger partial charge is 0.335 e. The molecule has 1 atom stereocenters. The van der Waals surface area contributed by atoms with E-state index in [1.807, 2.05) is 11.9 Å². The highest BCUT2D eigenvalue weighted by atomic mass is 32.1. The maximum atomic E-state index is 12.4. The highest BCUT2D eigenvalue weighted by Crippen LogP contribution is 2.23. The van der Waals surface area contributed by atoms with Gasteiger partial charge in [0.25, 0.3) is 5.91 Å². The Morgan fingerprint density at radius 2 is 2.05 bits per heavy atom. The monoisotopic (exact) mass is 304 g/mol. The minimum absolute atomic E-state index is 0.0813. The van der Waals surface area contributed by atoms with E-state index in [1.165, 1.54) is 5.56 Å². The van der Waals surface area contributed by atoms with Gasteiger partial charge in [0.2, 0.25) is 0 Å². The Morgan fingerprint density at radius 1 is 1.29 bits per heavy atom. The number of amides is 1. The second kappa shape index (κ2) is 5.99. The molecule has 0 N–H and O–H groups in total. The SMILES string of the molecule is C[C@H](c1ccsc1)N1CCN(C(=O)c2ccnn2C)CC1. The molecule has 2 aromatic rings. The predicted molar refractivity (Wildman–Crippen MR) is 83.4 cm³/mol. The molecular formula is C15H20N4OS. The van der Waals surface area contributed by atoms with Gasteiger partial charge >= 0.3 is 0 Å². The molecule has 3 heterocycles. The first-order chi connectivity index (χ1) is 10.2. The summed E-state index contributed by atoms with van der Waals surface area (Å²) in [5, 5.41) is 8.39. The van der Waals surface area contributed by atoms with Crippen LogP contribution in [0.5, 0.6) is 0 Å². The standard InChI is InChI=1S/C15H20N4OS/c1-12(13-4-10-21-11-13)18-6-8-19(9-7-18)15(20)14-3-5-16-17(14)2/h3-5,10-12H,6-9H2,1-2H3/t12-/m1/s1. The molecular weight excluding hydrogens is 284 g/mol. The number of aromatic nitrogens is 2. The van der Waals surface area contributed by atoms with Crippen LogP contribution >= 0.6 is 11.3 Å². The normalized spacial score (nSPS) is 17.9.